The van der Waals surface area contributed by atoms with Crippen LogP contribution in [-0.4, -0.2) is 63.3 Å². The Balaban J connectivity index is 2.41. The lowest BCUT2D eigenvalue weighted by molar-refractivity contribution is -0.384. The molecule has 0 aromatic heterocycles. The molecule has 1 heterocycles. The van der Waals surface area contributed by atoms with Crippen molar-refractivity contribution in [2.45, 2.75) is 23.6 Å². The molecule has 130 valence electrons. The SMILES string of the molecule is CN(C)C(=O)[C@]1(Cc2ccc([N+](=O)[O-])cc2)C[C@H](S)CN1C(=O)O. The molecule has 8 nitrogen and oxygen atoms in total. The van der Waals surface area contributed by atoms with Crippen LogP contribution in [0.3, 0.4) is 0 Å². The number of rotatable bonds is 4. The van der Waals surface area contributed by atoms with E-state index in [4.69, 9.17) is 0 Å². The highest BCUT2D eigenvalue weighted by Crippen LogP contribution is 2.37. The van der Waals surface area contributed by atoms with Crippen molar-refractivity contribution >= 4 is 30.3 Å². The summed E-state index contributed by atoms with van der Waals surface area (Å²) in [4.78, 5) is 37.2. The molecule has 24 heavy (non-hydrogen) atoms. The summed E-state index contributed by atoms with van der Waals surface area (Å²) in [5.74, 6) is -0.320. The maximum atomic E-state index is 12.8. The van der Waals surface area contributed by atoms with Crippen LogP contribution in [-0.2, 0) is 11.2 Å². The molecular formula is C15H19N3O5S. The fraction of sp³-hybridized carbons (Fsp3) is 0.467. The van der Waals surface area contributed by atoms with Crippen LogP contribution in [0.4, 0.5) is 10.5 Å². The molecule has 0 bridgehead atoms. The van der Waals surface area contributed by atoms with Crippen LogP contribution in [0.2, 0.25) is 0 Å². The molecule has 1 fully saturated rings. The van der Waals surface area contributed by atoms with Crippen LogP contribution in [0, 0.1) is 10.1 Å². The number of thiol groups is 1. The Labute approximate surface area is 144 Å². The summed E-state index contributed by atoms with van der Waals surface area (Å²) in [5.41, 5.74) is -0.650. The zero-order valence-corrected chi connectivity index (χ0v) is 14.3. The van der Waals surface area contributed by atoms with Crippen molar-refractivity contribution in [1.29, 1.82) is 0 Å². The third kappa shape index (κ3) is 3.30. The summed E-state index contributed by atoms with van der Waals surface area (Å²) in [5, 5.41) is 20.0. The second kappa shape index (κ2) is 6.68. The lowest BCUT2D eigenvalue weighted by Crippen LogP contribution is -2.58. The number of hydrogen-bond donors (Lipinski definition) is 2. The Morgan fingerprint density at radius 2 is 2.00 bits per heavy atom. The highest BCUT2D eigenvalue weighted by atomic mass is 32.1. The Morgan fingerprint density at radius 1 is 1.42 bits per heavy atom. The monoisotopic (exact) mass is 353 g/mol. The maximum Gasteiger partial charge on any atom is 0.408 e. The number of amides is 2. The number of nitrogens with zero attached hydrogens (tertiary/aromatic N) is 3. The van der Waals surface area contributed by atoms with Gasteiger partial charge in [0.2, 0.25) is 5.91 Å². The molecule has 1 saturated heterocycles. The molecule has 0 unspecified atom stereocenters. The Morgan fingerprint density at radius 3 is 2.46 bits per heavy atom. The van der Waals surface area contributed by atoms with Crippen molar-refractivity contribution in [3.63, 3.8) is 0 Å². The van der Waals surface area contributed by atoms with Crippen molar-refractivity contribution in [2.24, 2.45) is 0 Å². The summed E-state index contributed by atoms with van der Waals surface area (Å²) in [7, 11) is 3.15. The number of carboxylic acid groups (broad SMARTS) is 1. The fourth-order valence-corrected chi connectivity index (χ4v) is 3.61. The molecule has 0 spiro atoms. The average Bonchev–Trinajstić information content (AvgIpc) is 2.84. The van der Waals surface area contributed by atoms with Gasteiger partial charge in [0.05, 0.1) is 4.92 Å². The number of nitro groups is 1. The number of nitro benzene ring substituents is 1. The second-order valence-electron chi connectivity index (χ2n) is 6.08. The van der Waals surface area contributed by atoms with E-state index in [1.165, 1.54) is 17.0 Å². The minimum Gasteiger partial charge on any atom is -0.465 e. The molecule has 2 atom stereocenters. The zero-order valence-electron chi connectivity index (χ0n) is 13.4. The third-order valence-electron chi connectivity index (χ3n) is 4.16. The number of likely N-dealkylation sites (N-methyl/N-ethyl adjacent to an activating group) is 1. The molecule has 2 amide bonds. The molecule has 1 aliphatic heterocycles. The Kier molecular flexibility index (Phi) is 5.02. The van der Waals surface area contributed by atoms with E-state index in [-0.39, 0.29) is 36.2 Å². The predicted octanol–water partition coefficient (Wildman–Crippen LogP) is 1.65. The summed E-state index contributed by atoms with van der Waals surface area (Å²) in [6.45, 7) is 0.158. The summed E-state index contributed by atoms with van der Waals surface area (Å²) >= 11 is 4.37. The summed E-state index contributed by atoms with van der Waals surface area (Å²) in [6.07, 6.45) is -0.745. The number of carbonyl (C=O) groups is 2. The van der Waals surface area contributed by atoms with Gasteiger partial charge < -0.3 is 10.0 Å². The summed E-state index contributed by atoms with van der Waals surface area (Å²) in [6, 6.07) is 5.80. The van der Waals surface area contributed by atoms with E-state index in [2.05, 4.69) is 12.6 Å². The first-order chi connectivity index (χ1) is 11.2. The minimum absolute atomic E-state index is 0.0553. The van der Waals surface area contributed by atoms with E-state index in [0.29, 0.717) is 5.56 Å². The van der Waals surface area contributed by atoms with Gasteiger partial charge in [0.25, 0.3) is 5.69 Å². The molecular weight excluding hydrogens is 334 g/mol. The van der Waals surface area contributed by atoms with E-state index >= 15 is 0 Å². The van der Waals surface area contributed by atoms with Crippen molar-refractivity contribution in [1.82, 2.24) is 9.80 Å². The van der Waals surface area contributed by atoms with Gasteiger partial charge in [0, 0.05) is 44.4 Å². The third-order valence-corrected chi connectivity index (χ3v) is 4.51. The topological polar surface area (TPSA) is 104 Å². The van der Waals surface area contributed by atoms with Crippen molar-refractivity contribution in [2.75, 3.05) is 20.6 Å². The zero-order chi connectivity index (χ0) is 18.1. The van der Waals surface area contributed by atoms with Gasteiger partial charge in [-0.25, -0.2) is 4.79 Å². The Bertz CT molecular complexity index is 664. The number of carbonyl (C=O) groups excluding carboxylic acids is 1. The molecule has 0 aliphatic carbocycles. The maximum absolute atomic E-state index is 12.8. The van der Waals surface area contributed by atoms with Gasteiger partial charge >= 0.3 is 6.09 Å². The van der Waals surface area contributed by atoms with E-state index in [9.17, 15) is 24.8 Å². The quantitative estimate of drug-likeness (QED) is 0.486. The summed E-state index contributed by atoms with van der Waals surface area (Å²) < 4.78 is 0. The molecule has 0 saturated carbocycles. The molecule has 0 radical (unpaired) electrons. The lowest BCUT2D eigenvalue weighted by atomic mass is 9.86. The van der Waals surface area contributed by atoms with Gasteiger partial charge in [-0.2, -0.15) is 12.6 Å². The van der Waals surface area contributed by atoms with Crippen molar-refractivity contribution < 1.29 is 19.6 Å². The van der Waals surface area contributed by atoms with Gasteiger partial charge in [-0.15, -0.1) is 0 Å². The first-order valence-electron chi connectivity index (χ1n) is 7.31. The van der Waals surface area contributed by atoms with Crippen LogP contribution in [0.15, 0.2) is 24.3 Å². The molecule has 1 aromatic rings. The van der Waals surface area contributed by atoms with Gasteiger partial charge in [0.1, 0.15) is 5.54 Å². The highest BCUT2D eigenvalue weighted by molar-refractivity contribution is 7.81. The highest BCUT2D eigenvalue weighted by Gasteiger charge is 2.53. The van der Waals surface area contributed by atoms with E-state index in [1.54, 1.807) is 26.2 Å². The predicted molar refractivity (Wildman–Crippen MR) is 90.3 cm³/mol. The lowest BCUT2D eigenvalue weighted by Gasteiger charge is -2.37. The average molecular weight is 353 g/mol. The number of benzene rings is 1. The fourth-order valence-electron chi connectivity index (χ4n) is 3.15. The number of non-ortho nitro benzene ring substituents is 1. The van der Waals surface area contributed by atoms with E-state index in [1.807, 2.05) is 0 Å². The normalized spacial score (nSPS) is 23.1. The first kappa shape index (κ1) is 18.1. The first-order valence-corrected chi connectivity index (χ1v) is 7.83. The van der Waals surface area contributed by atoms with Gasteiger partial charge in [-0.1, -0.05) is 12.1 Å². The number of hydrogen-bond acceptors (Lipinski definition) is 5. The second-order valence-corrected chi connectivity index (χ2v) is 6.81. The van der Waals surface area contributed by atoms with Crippen molar-refractivity contribution in [3.8, 4) is 0 Å². The van der Waals surface area contributed by atoms with Crippen LogP contribution >= 0.6 is 12.6 Å². The van der Waals surface area contributed by atoms with Gasteiger partial charge in [-0.05, 0) is 12.0 Å². The Hall–Kier alpha value is -2.29. The smallest absolute Gasteiger partial charge is 0.408 e. The molecule has 2 rings (SSSR count). The standard InChI is InChI=1S/C15H19N3O5S/c1-16(2)13(19)15(8-12(24)9-17(15)14(20)21)7-10-3-5-11(6-4-10)18(22)23/h3-6,12,24H,7-9H2,1-2H3,(H,20,21)/t12-,15-/m0/s1. The van der Waals surface area contributed by atoms with E-state index < -0.39 is 16.6 Å². The number of likely N-dealkylation sites (tertiary alicyclic amines) is 1. The molecule has 1 aromatic carbocycles. The van der Waals surface area contributed by atoms with Crippen LogP contribution in [0.25, 0.3) is 0 Å². The van der Waals surface area contributed by atoms with E-state index in [0.717, 1.165) is 4.90 Å². The van der Waals surface area contributed by atoms with Gasteiger partial charge in [0.15, 0.2) is 0 Å². The van der Waals surface area contributed by atoms with Crippen LogP contribution in [0.5, 0.6) is 0 Å². The molecule has 1 aliphatic rings. The molecule has 9 heteroatoms. The minimum atomic E-state index is -1.25. The van der Waals surface area contributed by atoms with Crippen LogP contribution in [0.1, 0.15) is 12.0 Å². The van der Waals surface area contributed by atoms with Crippen molar-refractivity contribution in [3.05, 3.63) is 39.9 Å². The van der Waals surface area contributed by atoms with Gasteiger partial charge in [-0.3, -0.25) is 19.8 Å². The molecule has 1 N–H and O–H groups in total. The van der Waals surface area contributed by atoms with Crippen LogP contribution < -0.4 is 0 Å². The largest absolute Gasteiger partial charge is 0.465 e.